The highest BCUT2D eigenvalue weighted by molar-refractivity contribution is 7.99. The van der Waals surface area contributed by atoms with E-state index in [-0.39, 0.29) is 17.2 Å². The molecule has 29 heavy (non-hydrogen) atoms. The number of nitrogens with two attached hydrogens (primary N) is 1. The van der Waals surface area contributed by atoms with Gasteiger partial charge in [-0.1, -0.05) is 42.1 Å². The minimum atomic E-state index is -0.460. The third-order valence-corrected chi connectivity index (χ3v) is 7.01. The van der Waals surface area contributed by atoms with Crippen molar-refractivity contribution in [1.82, 2.24) is 14.5 Å². The van der Waals surface area contributed by atoms with Crippen molar-refractivity contribution in [3.63, 3.8) is 0 Å². The van der Waals surface area contributed by atoms with Gasteiger partial charge in [-0.25, -0.2) is 4.98 Å². The number of aromatic nitrogens is 2. The SMILES string of the molecule is CC(=O)N1CCc2c(sc3nc(SCC(N)=O)n(Cc4ccccc4)c(=O)c23)C1. The number of carbonyl (C=O) groups excluding carboxylic acids is 2. The molecule has 0 atom stereocenters. The fourth-order valence-electron chi connectivity index (χ4n) is 3.48. The number of nitrogens with zero attached hydrogens (tertiary/aromatic N) is 3. The molecular weight excluding hydrogens is 408 g/mol. The number of carbonyl (C=O) groups is 2. The van der Waals surface area contributed by atoms with E-state index in [0.717, 1.165) is 16.0 Å². The van der Waals surface area contributed by atoms with Crippen molar-refractivity contribution in [2.45, 2.75) is 31.6 Å². The largest absolute Gasteiger partial charge is 0.369 e. The van der Waals surface area contributed by atoms with Crippen molar-refractivity contribution in [2.75, 3.05) is 12.3 Å². The van der Waals surface area contributed by atoms with Gasteiger partial charge in [-0.05, 0) is 17.5 Å². The van der Waals surface area contributed by atoms with Gasteiger partial charge >= 0.3 is 0 Å². The van der Waals surface area contributed by atoms with Crippen LogP contribution in [0.25, 0.3) is 10.2 Å². The van der Waals surface area contributed by atoms with Crippen molar-refractivity contribution in [3.05, 3.63) is 56.7 Å². The number of hydrogen-bond acceptors (Lipinski definition) is 6. The van der Waals surface area contributed by atoms with Crippen molar-refractivity contribution >= 4 is 45.1 Å². The smallest absolute Gasteiger partial charge is 0.263 e. The lowest BCUT2D eigenvalue weighted by Crippen LogP contribution is -2.34. The summed E-state index contributed by atoms with van der Waals surface area (Å²) in [6, 6.07) is 9.67. The molecule has 9 heteroatoms. The zero-order valence-corrected chi connectivity index (χ0v) is 17.5. The van der Waals surface area contributed by atoms with Crippen LogP contribution in [0.5, 0.6) is 0 Å². The van der Waals surface area contributed by atoms with Gasteiger partial charge in [-0.2, -0.15) is 0 Å². The maximum Gasteiger partial charge on any atom is 0.263 e. The first kappa shape index (κ1) is 19.7. The first-order chi connectivity index (χ1) is 13.9. The normalized spacial score (nSPS) is 13.5. The van der Waals surface area contributed by atoms with E-state index in [1.807, 2.05) is 30.3 Å². The Labute approximate surface area is 175 Å². The van der Waals surface area contributed by atoms with Crippen LogP contribution in [-0.2, 0) is 29.1 Å². The summed E-state index contributed by atoms with van der Waals surface area (Å²) < 4.78 is 1.62. The van der Waals surface area contributed by atoms with Gasteiger partial charge in [-0.3, -0.25) is 19.0 Å². The lowest BCUT2D eigenvalue weighted by molar-refractivity contribution is -0.129. The van der Waals surface area contributed by atoms with Gasteiger partial charge in [0.25, 0.3) is 5.56 Å². The lowest BCUT2D eigenvalue weighted by atomic mass is 10.1. The number of benzene rings is 1. The summed E-state index contributed by atoms with van der Waals surface area (Å²) in [5.41, 5.74) is 7.16. The van der Waals surface area contributed by atoms with Crippen LogP contribution in [0, 0.1) is 0 Å². The second-order valence-corrected chi connectivity index (χ2v) is 8.93. The Hall–Kier alpha value is -2.65. The predicted octanol–water partition coefficient (Wildman–Crippen LogP) is 1.99. The van der Waals surface area contributed by atoms with Gasteiger partial charge in [0.1, 0.15) is 4.83 Å². The maximum atomic E-state index is 13.5. The number of amides is 2. The molecule has 0 saturated heterocycles. The van der Waals surface area contributed by atoms with Gasteiger partial charge < -0.3 is 10.6 Å². The molecule has 0 aliphatic carbocycles. The fraction of sp³-hybridized carbons (Fsp3) is 0.300. The molecule has 2 aromatic heterocycles. The van der Waals surface area contributed by atoms with Crippen LogP contribution in [0.2, 0.25) is 0 Å². The summed E-state index contributed by atoms with van der Waals surface area (Å²) in [7, 11) is 0. The Morgan fingerprint density at radius 1 is 1.28 bits per heavy atom. The topological polar surface area (TPSA) is 98.3 Å². The third-order valence-electron chi connectivity index (χ3n) is 4.90. The van der Waals surface area contributed by atoms with E-state index in [1.54, 1.807) is 16.4 Å². The second-order valence-electron chi connectivity index (χ2n) is 6.90. The summed E-state index contributed by atoms with van der Waals surface area (Å²) in [6.07, 6.45) is 0.644. The molecule has 1 aliphatic heterocycles. The summed E-state index contributed by atoms with van der Waals surface area (Å²) in [4.78, 5) is 44.7. The number of thioether (sulfide) groups is 1. The molecule has 0 bridgehead atoms. The molecule has 0 unspecified atom stereocenters. The number of fused-ring (bicyclic) bond motifs is 3. The van der Waals surface area contributed by atoms with E-state index < -0.39 is 5.91 Å². The molecule has 3 aromatic rings. The van der Waals surface area contributed by atoms with Crippen molar-refractivity contribution < 1.29 is 9.59 Å². The van der Waals surface area contributed by atoms with Gasteiger partial charge in [0.2, 0.25) is 11.8 Å². The van der Waals surface area contributed by atoms with Crippen molar-refractivity contribution in [3.8, 4) is 0 Å². The van der Waals surface area contributed by atoms with Crippen LogP contribution in [-0.4, -0.2) is 38.6 Å². The van der Waals surface area contributed by atoms with Crippen LogP contribution < -0.4 is 11.3 Å². The monoisotopic (exact) mass is 428 g/mol. The van der Waals surface area contributed by atoms with Crippen LogP contribution in [0.15, 0.2) is 40.3 Å². The molecule has 1 aromatic carbocycles. The maximum absolute atomic E-state index is 13.5. The summed E-state index contributed by atoms with van der Waals surface area (Å²) in [5, 5.41) is 1.11. The molecule has 150 valence electrons. The Morgan fingerprint density at radius 2 is 2.03 bits per heavy atom. The third kappa shape index (κ3) is 3.92. The van der Waals surface area contributed by atoms with Crippen molar-refractivity contribution in [1.29, 1.82) is 0 Å². The molecule has 4 rings (SSSR count). The van der Waals surface area contributed by atoms with E-state index in [9.17, 15) is 14.4 Å². The van der Waals surface area contributed by atoms with E-state index in [1.165, 1.54) is 23.1 Å². The Balaban J connectivity index is 1.84. The zero-order chi connectivity index (χ0) is 20.5. The molecule has 3 heterocycles. The standard InChI is InChI=1S/C20H20N4O3S2/c1-12(25)23-8-7-14-15(10-23)29-18-17(14)19(27)24(9-13-5-3-2-4-6-13)20(22-18)28-11-16(21)26/h2-6H,7-11H2,1H3,(H2,21,26). The van der Waals surface area contributed by atoms with E-state index in [0.29, 0.717) is 41.4 Å². The minimum Gasteiger partial charge on any atom is -0.369 e. The Morgan fingerprint density at radius 3 is 2.72 bits per heavy atom. The van der Waals surface area contributed by atoms with Crippen LogP contribution in [0.3, 0.4) is 0 Å². The highest BCUT2D eigenvalue weighted by atomic mass is 32.2. The van der Waals surface area contributed by atoms with Gasteiger partial charge in [0.05, 0.1) is 24.2 Å². The van der Waals surface area contributed by atoms with Crippen molar-refractivity contribution in [2.24, 2.45) is 5.73 Å². The zero-order valence-electron chi connectivity index (χ0n) is 15.9. The number of rotatable bonds is 5. The summed E-state index contributed by atoms with van der Waals surface area (Å²) >= 11 is 2.62. The van der Waals surface area contributed by atoms with Gasteiger partial charge in [0, 0.05) is 18.3 Å². The number of thiophene rings is 1. The number of primary amides is 1. The quantitative estimate of drug-likeness (QED) is 0.495. The molecule has 1 aliphatic rings. The van der Waals surface area contributed by atoms with Crippen LogP contribution >= 0.6 is 23.1 Å². The molecule has 2 amide bonds. The highest BCUT2D eigenvalue weighted by Gasteiger charge is 2.26. The summed E-state index contributed by atoms with van der Waals surface area (Å²) in [6.45, 7) is 3.04. The average Bonchev–Trinajstić information content (AvgIpc) is 3.07. The molecule has 0 fully saturated rings. The average molecular weight is 429 g/mol. The predicted molar refractivity (Wildman–Crippen MR) is 114 cm³/mol. The minimum absolute atomic E-state index is 0.0280. The molecule has 7 nitrogen and oxygen atoms in total. The van der Waals surface area contributed by atoms with Crippen LogP contribution in [0.1, 0.15) is 22.9 Å². The number of hydrogen-bond donors (Lipinski definition) is 1. The van der Waals surface area contributed by atoms with E-state index >= 15 is 0 Å². The molecular formula is C20H20N4O3S2. The first-order valence-electron chi connectivity index (χ1n) is 9.19. The summed E-state index contributed by atoms with van der Waals surface area (Å²) in [5.74, 6) is -0.380. The highest BCUT2D eigenvalue weighted by Crippen LogP contribution is 2.33. The Bertz CT molecular complexity index is 1150. The van der Waals surface area contributed by atoms with E-state index in [2.05, 4.69) is 0 Å². The lowest BCUT2D eigenvalue weighted by Gasteiger charge is -2.25. The van der Waals surface area contributed by atoms with Crippen LogP contribution in [0.4, 0.5) is 0 Å². The second kappa shape index (κ2) is 8.00. The molecule has 0 radical (unpaired) electrons. The molecule has 2 N–H and O–H groups in total. The Kier molecular flexibility index (Phi) is 5.42. The molecule has 0 saturated carbocycles. The van der Waals surface area contributed by atoms with Gasteiger partial charge in [0.15, 0.2) is 5.16 Å². The molecule has 0 spiro atoms. The fourth-order valence-corrected chi connectivity index (χ4v) is 5.49. The first-order valence-corrected chi connectivity index (χ1v) is 11.0. The van der Waals surface area contributed by atoms with Gasteiger partial charge in [-0.15, -0.1) is 11.3 Å². The van der Waals surface area contributed by atoms with E-state index in [4.69, 9.17) is 10.7 Å².